The highest BCUT2D eigenvalue weighted by Crippen LogP contribution is 2.31. The minimum Gasteiger partial charge on any atom is -0.472 e. The molecule has 2 aliphatic rings. The third kappa shape index (κ3) is 5.61. The van der Waals surface area contributed by atoms with Crippen LogP contribution in [0.25, 0.3) is 11.1 Å². The Morgan fingerprint density at radius 2 is 1.88 bits per heavy atom. The average molecular weight is 466 g/mol. The Kier molecular flexibility index (Phi) is 7.89. The highest BCUT2D eigenvalue weighted by Gasteiger charge is 2.34. The summed E-state index contributed by atoms with van der Waals surface area (Å²) in [6.45, 7) is 8.40. The van der Waals surface area contributed by atoms with Gasteiger partial charge in [0.15, 0.2) is 0 Å². The number of likely N-dealkylation sites (N-methyl/N-ethyl adjacent to an activating group) is 1. The number of carbonyl (C=O) groups excluding carboxylic acids is 1. The van der Waals surface area contributed by atoms with Crippen molar-refractivity contribution in [2.75, 3.05) is 33.3 Å². The number of benzene rings is 1. The van der Waals surface area contributed by atoms with Gasteiger partial charge in [-0.05, 0) is 51.3 Å². The Balaban J connectivity index is 1.64. The van der Waals surface area contributed by atoms with Gasteiger partial charge in [-0.3, -0.25) is 4.79 Å². The van der Waals surface area contributed by atoms with E-state index in [0.29, 0.717) is 18.0 Å². The zero-order valence-electron chi connectivity index (χ0n) is 21.0. The van der Waals surface area contributed by atoms with E-state index in [0.717, 1.165) is 30.1 Å². The van der Waals surface area contributed by atoms with Gasteiger partial charge in [0.05, 0.1) is 12.6 Å². The number of carbonyl (C=O) groups is 1. The summed E-state index contributed by atoms with van der Waals surface area (Å²) in [7, 11) is 2.17. The lowest BCUT2D eigenvalue weighted by Gasteiger charge is -2.38. The van der Waals surface area contributed by atoms with E-state index in [2.05, 4.69) is 42.9 Å². The van der Waals surface area contributed by atoms with Gasteiger partial charge in [-0.25, -0.2) is 4.98 Å². The number of hydrogen-bond acceptors (Lipinski definition) is 5. The van der Waals surface area contributed by atoms with Gasteiger partial charge in [0.1, 0.15) is 11.7 Å². The molecule has 0 spiro atoms. The van der Waals surface area contributed by atoms with Crippen molar-refractivity contribution in [2.24, 2.45) is 11.8 Å². The molecule has 4 rings (SSSR count). The number of aliphatic hydroxyl groups is 1. The van der Waals surface area contributed by atoms with Crippen molar-refractivity contribution < 1.29 is 14.6 Å². The minimum atomic E-state index is -0.277. The van der Waals surface area contributed by atoms with Crippen LogP contribution in [0, 0.1) is 18.8 Å². The summed E-state index contributed by atoms with van der Waals surface area (Å²) in [6, 6.07) is 9.82. The lowest BCUT2D eigenvalue weighted by atomic mass is 9.98. The van der Waals surface area contributed by atoms with E-state index in [1.165, 1.54) is 31.2 Å². The standard InChI is InChI=1S/C28H39N3O3/c1-19-9-11-23(12-10-19)24-13-25-27(29-14-24)34-26(17-30(4)16-22-7-5-6-8-22)20(2)15-31(28(25)33)21(3)18-32/h9-14,20-22,26,32H,5-8,15-18H2,1-4H3/t20-,21+,26+/m1/s1. The maximum atomic E-state index is 13.6. The number of nitrogens with zero attached hydrogens (tertiary/aromatic N) is 3. The summed E-state index contributed by atoms with van der Waals surface area (Å²) < 4.78 is 6.46. The number of ether oxygens (including phenoxy) is 1. The fourth-order valence-corrected chi connectivity index (χ4v) is 5.24. The summed E-state index contributed by atoms with van der Waals surface area (Å²) in [4.78, 5) is 22.4. The zero-order valence-corrected chi connectivity index (χ0v) is 21.0. The van der Waals surface area contributed by atoms with Crippen LogP contribution in [0.1, 0.15) is 55.5 Å². The number of aliphatic hydroxyl groups excluding tert-OH is 1. The molecule has 3 atom stereocenters. The van der Waals surface area contributed by atoms with E-state index in [1.54, 1.807) is 11.1 Å². The third-order valence-corrected chi connectivity index (χ3v) is 7.44. The van der Waals surface area contributed by atoms with E-state index in [9.17, 15) is 9.90 Å². The van der Waals surface area contributed by atoms with E-state index in [4.69, 9.17) is 4.74 Å². The second-order valence-corrected chi connectivity index (χ2v) is 10.4. The van der Waals surface area contributed by atoms with Gasteiger partial charge >= 0.3 is 0 Å². The fraction of sp³-hybridized carbons (Fsp3) is 0.571. The number of aromatic nitrogens is 1. The Bertz CT molecular complexity index is 971. The lowest BCUT2D eigenvalue weighted by Crippen LogP contribution is -2.50. The number of pyridine rings is 1. The van der Waals surface area contributed by atoms with Crippen LogP contribution in [0.3, 0.4) is 0 Å². The normalized spacial score (nSPS) is 22.3. The molecule has 0 unspecified atom stereocenters. The molecule has 6 nitrogen and oxygen atoms in total. The second kappa shape index (κ2) is 10.9. The van der Waals surface area contributed by atoms with Gasteiger partial charge in [-0.1, -0.05) is 49.6 Å². The van der Waals surface area contributed by atoms with Gasteiger partial charge in [0, 0.05) is 37.3 Å². The molecular weight excluding hydrogens is 426 g/mol. The van der Waals surface area contributed by atoms with Crippen molar-refractivity contribution in [3.05, 3.63) is 47.7 Å². The van der Waals surface area contributed by atoms with Crippen LogP contribution in [0.15, 0.2) is 36.5 Å². The molecule has 0 radical (unpaired) electrons. The van der Waals surface area contributed by atoms with Gasteiger partial charge in [-0.2, -0.15) is 0 Å². The Hall–Kier alpha value is -2.44. The molecule has 1 aliphatic carbocycles. The predicted octanol–water partition coefficient (Wildman–Crippen LogP) is 4.40. The first-order valence-corrected chi connectivity index (χ1v) is 12.7. The first-order valence-electron chi connectivity index (χ1n) is 12.7. The monoisotopic (exact) mass is 465 g/mol. The molecular formula is C28H39N3O3. The molecule has 6 heteroatoms. The number of rotatable bonds is 7. The summed E-state index contributed by atoms with van der Waals surface area (Å²) in [5.74, 6) is 1.13. The largest absolute Gasteiger partial charge is 0.472 e. The number of fused-ring (bicyclic) bond motifs is 1. The van der Waals surface area contributed by atoms with Crippen LogP contribution >= 0.6 is 0 Å². The van der Waals surface area contributed by atoms with Crippen LogP contribution in [-0.4, -0.2) is 71.2 Å². The highest BCUT2D eigenvalue weighted by atomic mass is 16.5. The average Bonchev–Trinajstić information content (AvgIpc) is 3.34. The van der Waals surface area contributed by atoms with E-state index >= 15 is 0 Å². The SMILES string of the molecule is Cc1ccc(-c2cnc3c(c2)C(=O)N([C@@H](C)CO)C[C@@H](C)[C@H](CN(C)CC2CCCC2)O3)cc1. The van der Waals surface area contributed by atoms with Crippen LogP contribution in [0.2, 0.25) is 0 Å². The Morgan fingerprint density at radius 1 is 1.18 bits per heavy atom. The first kappa shape index (κ1) is 24.7. The van der Waals surface area contributed by atoms with Crippen molar-refractivity contribution in [2.45, 2.75) is 58.6 Å². The third-order valence-electron chi connectivity index (χ3n) is 7.44. The van der Waals surface area contributed by atoms with Crippen molar-refractivity contribution in [1.29, 1.82) is 0 Å². The smallest absolute Gasteiger partial charge is 0.259 e. The van der Waals surface area contributed by atoms with Crippen LogP contribution < -0.4 is 4.74 Å². The molecule has 184 valence electrons. The van der Waals surface area contributed by atoms with Gasteiger partial charge in [0.25, 0.3) is 5.91 Å². The van der Waals surface area contributed by atoms with Crippen molar-refractivity contribution in [3.8, 4) is 17.0 Å². The van der Waals surface area contributed by atoms with E-state index in [1.807, 2.05) is 25.1 Å². The Labute approximate surface area is 203 Å². The maximum absolute atomic E-state index is 13.6. The van der Waals surface area contributed by atoms with Crippen molar-refractivity contribution in [3.63, 3.8) is 0 Å². The molecule has 34 heavy (non-hydrogen) atoms. The first-order chi connectivity index (χ1) is 16.4. The summed E-state index contributed by atoms with van der Waals surface area (Å²) in [5, 5.41) is 9.88. The van der Waals surface area contributed by atoms with E-state index in [-0.39, 0.29) is 30.6 Å². The number of amides is 1. The maximum Gasteiger partial charge on any atom is 0.259 e. The Morgan fingerprint density at radius 3 is 2.56 bits per heavy atom. The topological polar surface area (TPSA) is 65.9 Å². The number of aryl methyl sites for hydroxylation is 1. The molecule has 1 aromatic heterocycles. The fourth-order valence-electron chi connectivity index (χ4n) is 5.24. The zero-order chi connectivity index (χ0) is 24.2. The molecule has 0 saturated heterocycles. The summed E-state index contributed by atoms with van der Waals surface area (Å²) >= 11 is 0. The van der Waals surface area contributed by atoms with Crippen molar-refractivity contribution in [1.82, 2.24) is 14.8 Å². The van der Waals surface area contributed by atoms with Gasteiger partial charge < -0.3 is 19.6 Å². The molecule has 1 amide bonds. The quantitative estimate of drug-likeness (QED) is 0.657. The highest BCUT2D eigenvalue weighted by molar-refractivity contribution is 5.98. The molecule has 2 aromatic rings. The predicted molar refractivity (Wildman–Crippen MR) is 135 cm³/mol. The summed E-state index contributed by atoms with van der Waals surface area (Å²) in [5.41, 5.74) is 3.55. The molecule has 2 heterocycles. The summed E-state index contributed by atoms with van der Waals surface area (Å²) in [6.07, 6.45) is 7.01. The minimum absolute atomic E-state index is 0.0774. The molecule has 0 bridgehead atoms. The number of hydrogen-bond donors (Lipinski definition) is 1. The lowest BCUT2D eigenvalue weighted by molar-refractivity contribution is 0.0320. The van der Waals surface area contributed by atoms with Crippen LogP contribution in [0.5, 0.6) is 5.88 Å². The van der Waals surface area contributed by atoms with Gasteiger partial charge in [-0.15, -0.1) is 0 Å². The van der Waals surface area contributed by atoms with Gasteiger partial charge in [0.2, 0.25) is 5.88 Å². The van der Waals surface area contributed by atoms with E-state index < -0.39 is 0 Å². The molecule has 1 aromatic carbocycles. The molecule has 1 aliphatic heterocycles. The second-order valence-electron chi connectivity index (χ2n) is 10.4. The van der Waals surface area contributed by atoms with Crippen LogP contribution in [-0.2, 0) is 0 Å². The molecule has 1 saturated carbocycles. The van der Waals surface area contributed by atoms with Crippen molar-refractivity contribution >= 4 is 5.91 Å². The van der Waals surface area contributed by atoms with Crippen LogP contribution in [0.4, 0.5) is 0 Å². The molecule has 1 N–H and O–H groups in total. The molecule has 1 fully saturated rings.